The summed E-state index contributed by atoms with van der Waals surface area (Å²) in [6.07, 6.45) is 2.08. The van der Waals surface area contributed by atoms with Crippen molar-refractivity contribution >= 4 is 16.8 Å². The molecule has 2 heterocycles. The molecule has 0 aliphatic carbocycles. The van der Waals surface area contributed by atoms with Crippen LogP contribution in [-0.2, 0) is 11.2 Å². The third kappa shape index (κ3) is 3.74. The van der Waals surface area contributed by atoms with Gasteiger partial charge in [0.2, 0.25) is 5.91 Å². The first-order chi connectivity index (χ1) is 11.0. The van der Waals surface area contributed by atoms with Crippen LogP contribution in [0.5, 0.6) is 0 Å². The molecule has 1 aromatic carbocycles. The summed E-state index contributed by atoms with van der Waals surface area (Å²) in [7, 11) is 0. The van der Waals surface area contributed by atoms with Crippen molar-refractivity contribution in [3.05, 3.63) is 35.5 Å². The van der Waals surface area contributed by atoms with E-state index in [1.165, 1.54) is 5.56 Å². The molecule has 2 aromatic rings. The molecule has 1 aliphatic rings. The Hall–Kier alpha value is -1.85. The second kappa shape index (κ2) is 6.72. The van der Waals surface area contributed by atoms with Gasteiger partial charge < -0.3 is 15.0 Å². The van der Waals surface area contributed by atoms with Crippen molar-refractivity contribution in [1.82, 2.24) is 14.8 Å². The van der Waals surface area contributed by atoms with Gasteiger partial charge in [-0.1, -0.05) is 12.1 Å². The van der Waals surface area contributed by atoms with Crippen LogP contribution in [0.25, 0.3) is 10.9 Å². The van der Waals surface area contributed by atoms with Gasteiger partial charge >= 0.3 is 0 Å². The van der Waals surface area contributed by atoms with Gasteiger partial charge in [0.25, 0.3) is 0 Å². The highest BCUT2D eigenvalue weighted by molar-refractivity contribution is 5.89. The third-order valence-electron chi connectivity index (χ3n) is 4.51. The van der Waals surface area contributed by atoms with Crippen molar-refractivity contribution in [3.8, 4) is 0 Å². The second-order valence-electron chi connectivity index (χ2n) is 6.57. The SMILES string of the molecule is Cc1ccc2c(CC(=O)N3CCN(C[C@@H](C)O)CC3)c[nH]c2c1. The molecule has 1 fully saturated rings. The molecule has 23 heavy (non-hydrogen) atoms. The fourth-order valence-corrected chi connectivity index (χ4v) is 3.27. The Kier molecular flexibility index (Phi) is 4.68. The van der Waals surface area contributed by atoms with Crippen LogP contribution in [0.3, 0.4) is 0 Å². The summed E-state index contributed by atoms with van der Waals surface area (Å²) in [5, 5.41) is 10.6. The molecule has 0 saturated carbocycles. The number of aromatic nitrogens is 1. The smallest absolute Gasteiger partial charge is 0.227 e. The first-order valence-corrected chi connectivity index (χ1v) is 8.28. The standard InChI is InChI=1S/C18H25N3O2/c1-13-3-4-16-15(11-19-17(16)9-13)10-18(23)21-7-5-20(6-8-21)12-14(2)22/h3-4,9,11,14,19,22H,5-8,10,12H2,1-2H3/t14-/m1/s1. The number of piperazine rings is 1. The maximum atomic E-state index is 12.5. The van der Waals surface area contributed by atoms with Crippen LogP contribution >= 0.6 is 0 Å². The molecule has 0 spiro atoms. The number of carbonyl (C=O) groups is 1. The van der Waals surface area contributed by atoms with Crippen molar-refractivity contribution in [2.24, 2.45) is 0 Å². The number of benzene rings is 1. The van der Waals surface area contributed by atoms with Crippen molar-refractivity contribution in [2.75, 3.05) is 32.7 Å². The third-order valence-corrected chi connectivity index (χ3v) is 4.51. The van der Waals surface area contributed by atoms with Gasteiger partial charge in [0.1, 0.15) is 0 Å². The highest BCUT2D eigenvalue weighted by Crippen LogP contribution is 2.20. The topological polar surface area (TPSA) is 59.6 Å². The molecule has 3 rings (SSSR count). The Morgan fingerprint density at radius 1 is 1.30 bits per heavy atom. The maximum absolute atomic E-state index is 12.5. The number of aromatic amines is 1. The number of nitrogens with zero attached hydrogens (tertiary/aromatic N) is 2. The molecule has 5 heteroatoms. The van der Waals surface area contributed by atoms with Crippen LogP contribution in [0.4, 0.5) is 0 Å². The number of rotatable bonds is 4. The van der Waals surface area contributed by atoms with E-state index in [0.717, 1.165) is 42.6 Å². The van der Waals surface area contributed by atoms with Crippen molar-refractivity contribution in [2.45, 2.75) is 26.4 Å². The summed E-state index contributed by atoms with van der Waals surface area (Å²) in [6, 6.07) is 6.28. The monoisotopic (exact) mass is 315 g/mol. The average Bonchev–Trinajstić information content (AvgIpc) is 2.89. The lowest BCUT2D eigenvalue weighted by Crippen LogP contribution is -2.50. The molecule has 0 unspecified atom stereocenters. The zero-order valence-electron chi connectivity index (χ0n) is 13.9. The van der Waals surface area contributed by atoms with Crippen LogP contribution < -0.4 is 0 Å². The number of aliphatic hydroxyl groups is 1. The van der Waals surface area contributed by atoms with E-state index in [-0.39, 0.29) is 12.0 Å². The lowest BCUT2D eigenvalue weighted by molar-refractivity contribution is -0.132. The van der Waals surface area contributed by atoms with E-state index in [2.05, 4.69) is 35.0 Å². The quantitative estimate of drug-likeness (QED) is 0.900. The number of aryl methyl sites for hydroxylation is 1. The molecule has 0 radical (unpaired) electrons. The highest BCUT2D eigenvalue weighted by atomic mass is 16.3. The molecule has 124 valence electrons. The minimum absolute atomic E-state index is 0.183. The lowest BCUT2D eigenvalue weighted by atomic mass is 10.1. The number of hydrogen-bond donors (Lipinski definition) is 2. The van der Waals surface area contributed by atoms with Crippen LogP contribution in [-0.4, -0.2) is 64.6 Å². The van der Waals surface area contributed by atoms with Crippen LogP contribution in [0.2, 0.25) is 0 Å². The number of nitrogens with one attached hydrogen (secondary N) is 1. The predicted molar refractivity (Wildman–Crippen MR) is 91.4 cm³/mol. The summed E-state index contributed by atoms with van der Waals surface area (Å²) in [6.45, 7) is 7.71. The van der Waals surface area contributed by atoms with Crippen LogP contribution in [0.1, 0.15) is 18.1 Å². The first kappa shape index (κ1) is 16.0. The largest absolute Gasteiger partial charge is 0.392 e. The molecule has 2 N–H and O–H groups in total. The number of amides is 1. The van der Waals surface area contributed by atoms with E-state index in [1.807, 2.05) is 11.1 Å². The number of hydrogen-bond acceptors (Lipinski definition) is 3. The highest BCUT2D eigenvalue weighted by Gasteiger charge is 2.22. The van der Waals surface area contributed by atoms with Crippen LogP contribution in [0.15, 0.2) is 24.4 Å². The molecule has 1 atom stereocenters. The summed E-state index contributed by atoms with van der Waals surface area (Å²) < 4.78 is 0. The minimum Gasteiger partial charge on any atom is -0.392 e. The zero-order chi connectivity index (χ0) is 16.4. The van der Waals surface area contributed by atoms with Gasteiger partial charge in [-0.15, -0.1) is 0 Å². The Balaban J connectivity index is 1.61. The van der Waals surface area contributed by atoms with Crippen LogP contribution in [0, 0.1) is 6.92 Å². The van der Waals surface area contributed by atoms with Gasteiger partial charge in [0.15, 0.2) is 0 Å². The van der Waals surface area contributed by atoms with Gasteiger partial charge in [-0.2, -0.15) is 0 Å². The molecule has 5 nitrogen and oxygen atoms in total. The molecule has 0 bridgehead atoms. The summed E-state index contributed by atoms with van der Waals surface area (Å²) >= 11 is 0. The molecule has 1 aliphatic heterocycles. The van der Waals surface area contributed by atoms with Gasteiger partial charge in [0.05, 0.1) is 12.5 Å². The summed E-state index contributed by atoms with van der Waals surface area (Å²) in [5.74, 6) is 0.183. The summed E-state index contributed by atoms with van der Waals surface area (Å²) in [4.78, 5) is 20.0. The Bertz CT molecular complexity index is 685. The Morgan fingerprint density at radius 3 is 2.74 bits per heavy atom. The molecular weight excluding hydrogens is 290 g/mol. The molecular formula is C18H25N3O2. The van der Waals surface area contributed by atoms with E-state index in [9.17, 15) is 9.90 Å². The molecule has 1 saturated heterocycles. The van der Waals surface area contributed by atoms with Crippen molar-refractivity contribution in [3.63, 3.8) is 0 Å². The number of aliphatic hydroxyl groups excluding tert-OH is 1. The van der Waals surface area contributed by atoms with Crippen molar-refractivity contribution in [1.29, 1.82) is 0 Å². The van der Waals surface area contributed by atoms with E-state index >= 15 is 0 Å². The van der Waals surface area contributed by atoms with E-state index in [1.54, 1.807) is 6.92 Å². The van der Waals surface area contributed by atoms with Crippen molar-refractivity contribution < 1.29 is 9.90 Å². The first-order valence-electron chi connectivity index (χ1n) is 8.28. The molecule has 1 amide bonds. The summed E-state index contributed by atoms with van der Waals surface area (Å²) in [5.41, 5.74) is 3.37. The Labute approximate surface area is 136 Å². The van der Waals surface area contributed by atoms with E-state index in [4.69, 9.17) is 0 Å². The maximum Gasteiger partial charge on any atom is 0.227 e. The van der Waals surface area contributed by atoms with Gasteiger partial charge in [-0.05, 0) is 31.0 Å². The van der Waals surface area contributed by atoms with E-state index < -0.39 is 0 Å². The van der Waals surface area contributed by atoms with Gasteiger partial charge in [0, 0.05) is 49.8 Å². The average molecular weight is 315 g/mol. The van der Waals surface area contributed by atoms with Gasteiger partial charge in [-0.25, -0.2) is 0 Å². The fourth-order valence-electron chi connectivity index (χ4n) is 3.27. The van der Waals surface area contributed by atoms with Gasteiger partial charge in [-0.3, -0.25) is 9.69 Å². The normalized spacial score (nSPS) is 17.6. The predicted octanol–water partition coefficient (Wildman–Crippen LogP) is 1.54. The number of fused-ring (bicyclic) bond motifs is 1. The van der Waals surface area contributed by atoms with E-state index in [0.29, 0.717) is 13.0 Å². The fraction of sp³-hybridized carbons (Fsp3) is 0.500. The zero-order valence-corrected chi connectivity index (χ0v) is 13.9. The number of carbonyl (C=O) groups excluding carboxylic acids is 1. The lowest BCUT2D eigenvalue weighted by Gasteiger charge is -2.35. The Morgan fingerprint density at radius 2 is 2.04 bits per heavy atom. The molecule has 1 aromatic heterocycles. The number of β-amino-alcohol motifs (C(OH)–C–C–N with tert-alkyl or cyclic N) is 1. The minimum atomic E-state index is -0.313. The number of H-pyrrole nitrogens is 1. The second-order valence-corrected chi connectivity index (χ2v) is 6.57.